The second-order valence-corrected chi connectivity index (χ2v) is 4.01. The second-order valence-electron chi connectivity index (χ2n) is 4.01. The van der Waals surface area contributed by atoms with Gasteiger partial charge >= 0.3 is 0 Å². The van der Waals surface area contributed by atoms with Gasteiger partial charge in [0.25, 0.3) is 0 Å². The number of fused-ring (bicyclic) bond motifs is 1. The van der Waals surface area contributed by atoms with E-state index in [1.165, 1.54) is 0 Å². The lowest BCUT2D eigenvalue weighted by atomic mass is 10.00. The van der Waals surface area contributed by atoms with E-state index >= 15 is 0 Å². The molecule has 0 heterocycles. The van der Waals surface area contributed by atoms with Gasteiger partial charge in [0.15, 0.2) is 6.10 Å². The van der Waals surface area contributed by atoms with Crippen molar-refractivity contribution < 1.29 is 14.6 Å². The lowest BCUT2D eigenvalue weighted by Crippen LogP contribution is -2.06. The first kappa shape index (κ1) is 13.3. The molecule has 0 aliphatic carbocycles. The van der Waals surface area contributed by atoms with Crippen molar-refractivity contribution in [3.05, 3.63) is 42.0 Å². The number of ether oxygens (including phenoxy) is 2. The van der Waals surface area contributed by atoms with Gasteiger partial charge < -0.3 is 14.6 Å². The highest BCUT2D eigenvalue weighted by molar-refractivity contribution is 5.91. The van der Waals surface area contributed by atoms with Crippen LogP contribution in [0.3, 0.4) is 0 Å². The normalized spacial score (nSPS) is 12.1. The number of hydrogen-bond donors (Lipinski definition) is 1. The van der Waals surface area contributed by atoms with Crippen LogP contribution in [-0.2, 0) is 4.74 Å². The van der Waals surface area contributed by atoms with Crippen LogP contribution >= 0.6 is 0 Å². The molecular formula is C15H15NO3. The summed E-state index contributed by atoms with van der Waals surface area (Å²) in [6.07, 6.45) is -0.692. The number of aliphatic hydroxyl groups excluding tert-OH is 1. The molecule has 19 heavy (non-hydrogen) atoms. The number of methoxy groups -OCH3 is 1. The van der Waals surface area contributed by atoms with Crippen LogP contribution in [0.15, 0.2) is 36.4 Å². The summed E-state index contributed by atoms with van der Waals surface area (Å²) in [6, 6.07) is 13.5. The summed E-state index contributed by atoms with van der Waals surface area (Å²) in [4.78, 5) is 0. The van der Waals surface area contributed by atoms with Gasteiger partial charge in [-0.3, -0.25) is 0 Å². The minimum absolute atomic E-state index is 0.105. The van der Waals surface area contributed by atoms with Crippen molar-refractivity contribution in [2.45, 2.75) is 6.10 Å². The van der Waals surface area contributed by atoms with Crippen LogP contribution in [0, 0.1) is 11.3 Å². The molecule has 98 valence electrons. The monoisotopic (exact) mass is 257 g/mol. The minimum Gasteiger partial charge on any atom is -0.496 e. The summed E-state index contributed by atoms with van der Waals surface area (Å²) in [7, 11) is 1.62. The van der Waals surface area contributed by atoms with Crippen molar-refractivity contribution in [2.24, 2.45) is 0 Å². The maximum Gasteiger partial charge on any atom is 0.169 e. The van der Waals surface area contributed by atoms with Crippen LogP contribution in [0.5, 0.6) is 5.75 Å². The van der Waals surface area contributed by atoms with Crippen molar-refractivity contribution in [3.8, 4) is 11.8 Å². The highest BCUT2D eigenvalue weighted by Crippen LogP contribution is 2.32. The van der Waals surface area contributed by atoms with E-state index in [1.54, 1.807) is 7.11 Å². The second kappa shape index (κ2) is 6.19. The van der Waals surface area contributed by atoms with Crippen molar-refractivity contribution in [3.63, 3.8) is 0 Å². The molecule has 1 N–H and O–H groups in total. The first-order chi connectivity index (χ1) is 9.31. The van der Waals surface area contributed by atoms with Gasteiger partial charge in [-0.25, -0.2) is 0 Å². The SMILES string of the molecule is COc1ccc(C(C#N)OCCO)c2ccccc12. The van der Waals surface area contributed by atoms with Gasteiger partial charge in [0.05, 0.1) is 26.4 Å². The molecule has 0 spiro atoms. The Morgan fingerprint density at radius 3 is 2.58 bits per heavy atom. The molecule has 1 unspecified atom stereocenters. The first-order valence-corrected chi connectivity index (χ1v) is 5.99. The minimum atomic E-state index is -0.692. The van der Waals surface area contributed by atoms with E-state index in [0.717, 1.165) is 22.1 Å². The van der Waals surface area contributed by atoms with Crippen molar-refractivity contribution in [1.82, 2.24) is 0 Å². The summed E-state index contributed by atoms with van der Waals surface area (Å²) in [5.74, 6) is 0.762. The third kappa shape index (κ3) is 2.68. The number of aliphatic hydroxyl groups is 1. The Bertz CT molecular complexity index is 604. The van der Waals surface area contributed by atoms with Crippen LogP contribution in [-0.4, -0.2) is 25.4 Å². The van der Waals surface area contributed by atoms with E-state index in [9.17, 15) is 5.26 Å². The van der Waals surface area contributed by atoms with E-state index < -0.39 is 6.10 Å². The zero-order chi connectivity index (χ0) is 13.7. The van der Waals surface area contributed by atoms with Crippen LogP contribution in [0.25, 0.3) is 10.8 Å². The zero-order valence-corrected chi connectivity index (χ0v) is 10.7. The fourth-order valence-corrected chi connectivity index (χ4v) is 2.07. The molecule has 0 aliphatic rings. The van der Waals surface area contributed by atoms with Crippen LogP contribution in [0.1, 0.15) is 11.7 Å². The maximum absolute atomic E-state index is 9.20. The summed E-state index contributed by atoms with van der Waals surface area (Å²) in [5.41, 5.74) is 0.785. The molecule has 2 aromatic rings. The van der Waals surface area contributed by atoms with Gasteiger partial charge in [-0.15, -0.1) is 0 Å². The molecule has 0 saturated heterocycles. The molecule has 0 aliphatic heterocycles. The summed E-state index contributed by atoms with van der Waals surface area (Å²) >= 11 is 0. The highest BCUT2D eigenvalue weighted by Gasteiger charge is 2.15. The van der Waals surface area contributed by atoms with Gasteiger partial charge in [0, 0.05) is 10.9 Å². The van der Waals surface area contributed by atoms with E-state index in [2.05, 4.69) is 6.07 Å². The Hall–Kier alpha value is -2.09. The molecule has 4 nitrogen and oxygen atoms in total. The summed E-state index contributed by atoms with van der Waals surface area (Å²) < 4.78 is 10.7. The topological polar surface area (TPSA) is 62.5 Å². The van der Waals surface area contributed by atoms with Gasteiger partial charge in [-0.2, -0.15) is 5.26 Å². The fraction of sp³-hybridized carbons (Fsp3) is 0.267. The Morgan fingerprint density at radius 1 is 1.21 bits per heavy atom. The highest BCUT2D eigenvalue weighted by atomic mass is 16.5. The molecule has 0 radical (unpaired) electrons. The van der Waals surface area contributed by atoms with Crippen LogP contribution in [0.2, 0.25) is 0 Å². The van der Waals surface area contributed by atoms with Gasteiger partial charge in [-0.05, 0) is 11.5 Å². The first-order valence-electron chi connectivity index (χ1n) is 5.99. The number of rotatable bonds is 5. The molecule has 1 atom stereocenters. The molecule has 0 aromatic heterocycles. The third-order valence-corrected chi connectivity index (χ3v) is 2.91. The number of benzene rings is 2. The van der Waals surface area contributed by atoms with Crippen molar-refractivity contribution >= 4 is 10.8 Å². The Labute approximate surface area is 111 Å². The molecule has 0 fully saturated rings. The van der Waals surface area contributed by atoms with Gasteiger partial charge in [0.1, 0.15) is 5.75 Å². The summed E-state index contributed by atoms with van der Waals surface area (Å²) in [6.45, 7) is 0.0326. The summed E-state index contributed by atoms with van der Waals surface area (Å²) in [5, 5.41) is 19.9. The predicted octanol–water partition coefficient (Wildman–Crippen LogP) is 2.42. The third-order valence-electron chi connectivity index (χ3n) is 2.91. The molecular weight excluding hydrogens is 242 g/mol. The molecule has 0 amide bonds. The van der Waals surface area contributed by atoms with E-state index in [0.29, 0.717) is 0 Å². The maximum atomic E-state index is 9.20. The molecule has 2 rings (SSSR count). The zero-order valence-electron chi connectivity index (χ0n) is 10.7. The largest absolute Gasteiger partial charge is 0.496 e. The van der Waals surface area contributed by atoms with E-state index in [-0.39, 0.29) is 13.2 Å². The average Bonchev–Trinajstić information content (AvgIpc) is 2.48. The quantitative estimate of drug-likeness (QED) is 0.893. The lowest BCUT2D eigenvalue weighted by molar-refractivity contribution is 0.0588. The molecule has 0 bridgehead atoms. The van der Waals surface area contributed by atoms with Crippen molar-refractivity contribution in [2.75, 3.05) is 20.3 Å². The van der Waals surface area contributed by atoms with Gasteiger partial charge in [-0.1, -0.05) is 30.3 Å². The molecule has 4 heteroatoms. The number of nitrogens with zero attached hydrogens (tertiary/aromatic N) is 1. The Morgan fingerprint density at radius 2 is 1.95 bits per heavy atom. The van der Waals surface area contributed by atoms with E-state index in [1.807, 2.05) is 36.4 Å². The molecule has 0 saturated carbocycles. The number of nitriles is 1. The van der Waals surface area contributed by atoms with Crippen LogP contribution in [0.4, 0.5) is 0 Å². The van der Waals surface area contributed by atoms with Crippen LogP contribution < -0.4 is 4.74 Å². The predicted molar refractivity (Wildman–Crippen MR) is 71.9 cm³/mol. The lowest BCUT2D eigenvalue weighted by Gasteiger charge is -2.14. The average molecular weight is 257 g/mol. The molecule has 2 aromatic carbocycles. The van der Waals surface area contributed by atoms with Crippen molar-refractivity contribution in [1.29, 1.82) is 5.26 Å². The van der Waals surface area contributed by atoms with Gasteiger partial charge in [0.2, 0.25) is 0 Å². The smallest absolute Gasteiger partial charge is 0.169 e. The Kier molecular flexibility index (Phi) is 4.35. The van der Waals surface area contributed by atoms with E-state index in [4.69, 9.17) is 14.6 Å². The fourth-order valence-electron chi connectivity index (χ4n) is 2.07. The standard InChI is InChI=1S/C15H15NO3/c1-18-14-7-6-13(15(10-16)19-9-8-17)11-4-2-3-5-12(11)14/h2-7,15,17H,8-9H2,1H3. The number of hydrogen-bond acceptors (Lipinski definition) is 4. The Balaban J connectivity index is 2.52.